The quantitative estimate of drug-likeness (QED) is 0.232. The average molecular weight is 522 g/mol. The van der Waals surface area contributed by atoms with Crippen LogP contribution in [-0.4, -0.2) is 27.3 Å². The largest absolute Gasteiger partial charge is 0.353 e. The number of thiophene rings is 2. The van der Waals surface area contributed by atoms with Crippen LogP contribution in [0.1, 0.15) is 32.6 Å². The number of carbonyl (C=O) groups excluding carboxylic acids is 1. The number of benzene rings is 1. The van der Waals surface area contributed by atoms with Crippen molar-refractivity contribution in [3.05, 3.63) is 63.6 Å². The van der Waals surface area contributed by atoms with E-state index in [1.54, 1.807) is 15.9 Å². The number of thioether (sulfide) groups is 1. The maximum atomic E-state index is 13.8. The van der Waals surface area contributed by atoms with Gasteiger partial charge >= 0.3 is 0 Å². The number of nitrogens with zero attached hydrogens (tertiary/aromatic N) is 2. The lowest BCUT2D eigenvalue weighted by Crippen LogP contribution is -2.41. The number of amides is 1. The third-order valence-electron chi connectivity index (χ3n) is 7.53. The monoisotopic (exact) mass is 521 g/mol. The van der Waals surface area contributed by atoms with Crippen LogP contribution in [0.2, 0.25) is 0 Å². The van der Waals surface area contributed by atoms with Gasteiger partial charge in [0.25, 0.3) is 5.56 Å². The van der Waals surface area contributed by atoms with Gasteiger partial charge in [0, 0.05) is 21.9 Å². The van der Waals surface area contributed by atoms with Crippen LogP contribution in [0.3, 0.4) is 0 Å². The molecule has 180 valence electrons. The number of hydrogen-bond acceptors (Lipinski definition) is 6. The molecule has 0 saturated heterocycles. The maximum absolute atomic E-state index is 13.8. The number of carbonyl (C=O) groups is 1. The Morgan fingerprint density at radius 2 is 2.03 bits per heavy atom. The van der Waals surface area contributed by atoms with Crippen molar-refractivity contribution in [2.45, 2.75) is 43.8 Å². The summed E-state index contributed by atoms with van der Waals surface area (Å²) in [5.41, 5.74) is 1.59. The van der Waals surface area contributed by atoms with Crippen LogP contribution in [0.25, 0.3) is 26.3 Å². The number of rotatable bonds is 7. The normalized spacial score (nSPS) is 22.0. The van der Waals surface area contributed by atoms with Crippen molar-refractivity contribution >= 4 is 50.6 Å². The smallest absolute Gasteiger partial charge is 0.268 e. The third-order valence-corrected chi connectivity index (χ3v) is 10.2. The van der Waals surface area contributed by atoms with Crippen LogP contribution >= 0.6 is 34.4 Å². The lowest BCUT2D eigenvalue weighted by molar-refractivity contribution is -0.119. The number of para-hydroxylation sites is 1. The molecule has 5 nitrogen and oxygen atoms in total. The molecule has 1 aromatic carbocycles. The van der Waals surface area contributed by atoms with E-state index in [0.29, 0.717) is 21.3 Å². The Morgan fingerprint density at radius 3 is 2.74 bits per heavy atom. The van der Waals surface area contributed by atoms with Gasteiger partial charge < -0.3 is 5.32 Å². The molecule has 2 aliphatic carbocycles. The molecule has 2 bridgehead atoms. The van der Waals surface area contributed by atoms with Crippen LogP contribution < -0.4 is 10.9 Å². The summed E-state index contributed by atoms with van der Waals surface area (Å²) in [6, 6.07) is 13.8. The first kappa shape index (κ1) is 23.0. The highest BCUT2D eigenvalue weighted by atomic mass is 32.2. The van der Waals surface area contributed by atoms with Gasteiger partial charge in [-0.2, -0.15) is 0 Å². The summed E-state index contributed by atoms with van der Waals surface area (Å²) in [5, 5.41) is 8.46. The summed E-state index contributed by atoms with van der Waals surface area (Å²) in [6.07, 6.45) is 5.25. The van der Waals surface area contributed by atoms with Crippen molar-refractivity contribution in [3.63, 3.8) is 0 Å². The summed E-state index contributed by atoms with van der Waals surface area (Å²) >= 11 is 4.43. The highest BCUT2D eigenvalue weighted by Crippen LogP contribution is 2.49. The highest BCUT2D eigenvalue weighted by Gasteiger charge is 2.42. The van der Waals surface area contributed by atoms with E-state index in [1.807, 2.05) is 53.2 Å². The van der Waals surface area contributed by atoms with Crippen molar-refractivity contribution in [2.75, 3.05) is 5.75 Å². The van der Waals surface area contributed by atoms with E-state index < -0.39 is 0 Å². The molecular formula is C27H27N3O2S3. The molecule has 8 heteroatoms. The Labute approximate surface area is 216 Å². The minimum atomic E-state index is -0.0934. The van der Waals surface area contributed by atoms with Gasteiger partial charge in [0.15, 0.2) is 5.16 Å². The van der Waals surface area contributed by atoms with Crippen LogP contribution in [0.4, 0.5) is 0 Å². The lowest BCUT2D eigenvalue weighted by Gasteiger charge is -2.28. The topological polar surface area (TPSA) is 64.0 Å². The standard InChI is InChI=1S/C27H27N3O2S3/c1-16(20-13-17-9-10-18(20)12-17)28-23(31)15-35-27-29-25-24(21(14-34-25)22-8-5-11-33-22)26(32)30(27)19-6-3-2-4-7-19/h2-8,11,14,16-18,20H,9-10,12-13,15H2,1H3,(H,28,31)/t16-,17+,18+,20-/m1/s1. The molecule has 1 amide bonds. The van der Waals surface area contributed by atoms with Crippen LogP contribution in [0.5, 0.6) is 0 Å². The zero-order valence-electron chi connectivity index (χ0n) is 19.5. The minimum absolute atomic E-state index is 0.00434. The Morgan fingerprint density at radius 1 is 1.17 bits per heavy atom. The second-order valence-electron chi connectivity index (χ2n) is 9.66. The maximum Gasteiger partial charge on any atom is 0.268 e. The molecule has 35 heavy (non-hydrogen) atoms. The van der Waals surface area contributed by atoms with E-state index in [1.165, 1.54) is 48.8 Å². The van der Waals surface area contributed by atoms with Crippen molar-refractivity contribution in [1.82, 2.24) is 14.9 Å². The Bertz CT molecular complexity index is 1410. The molecule has 2 aliphatic rings. The Kier molecular flexibility index (Phi) is 6.28. The van der Waals surface area contributed by atoms with Crippen molar-refractivity contribution < 1.29 is 4.79 Å². The molecule has 2 saturated carbocycles. The molecule has 2 fully saturated rings. The van der Waals surface area contributed by atoms with E-state index in [4.69, 9.17) is 4.98 Å². The van der Waals surface area contributed by atoms with Gasteiger partial charge in [-0.25, -0.2) is 4.98 Å². The molecule has 1 N–H and O–H groups in total. The average Bonchev–Trinajstić information content (AvgIpc) is 3.67. The molecule has 6 rings (SSSR count). The molecule has 4 atom stereocenters. The molecule has 0 aliphatic heterocycles. The second kappa shape index (κ2) is 9.56. The Hall–Kier alpha value is -2.42. The molecule has 0 spiro atoms. The van der Waals surface area contributed by atoms with Crippen LogP contribution in [0, 0.1) is 17.8 Å². The van der Waals surface area contributed by atoms with E-state index in [0.717, 1.165) is 28.0 Å². The predicted octanol–water partition coefficient (Wildman–Crippen LogP) is 6.21. The van der Waals surface area contributed by atoms with E-state index in [2.05, 4.69) is 12.2 Å². The number of aromatic nitrogens is 2. The van der Waals surface area contributed by atoms with E-state index in [-0.39, 0.29) is 23.3 Å². The van der Waals surface area contributed by atoms with Crippen LogP contribution in [0.15, 0.2) is 63.2 Å². The van der Waals surface area contributed by atoms with Crippen molar-refractivity contribution in [1.29, 1.82) is 0 Å². The molecule has 0 unspecified atom stereocenters. The van der Waals surface area contributed by atoms with E-state index >= 15 is 0 Å². The van der Waals surface area contributed by atoms with Gasteiger partial charge in [-0.3, -0.25) is 14.2 Å². The summed E-state index contributed by atoms with van der Waals surface area (Å²) in [4.78, 5) is 33.4. The highest BCUT2D eigenvalue weighted by molar-refractivity contribution is 7.99. The minimum Gasteiger partial charge on any atom is -0.353 e. The molecule has 4 aromatic rings. The summed E-state index contributed by atoms with van der Waals surface area (Å²) in [5.74, 6) is 2.47. The number of nitrogens with one attached hydrogen (secondary N) is 1. The fourth-order valence-corrected chi connectivity index (χ4v) is 8.55. The van der Waals surface area contributed by atoms with Gasteiger partial charge in [0.05, 0.1) is 16.8 Å². The zero-order chi connectivity index (χ0) is 23.9. The van der Waals surface area contributed by atoms with Gasteiger partial charge in [0.1, 0.15) is 4.83 Å². The Balaban J connectivity index is 1.28. The van der Waals surface area contributed by atoms with Gasteiger partial charge in [0.2, 0.25) is 5.91 Å². The van der Waals surface area contributed by atoms with Gasteiger partial charge in [-0.05, 0) is 67.5 Å². The molecule has 3 heterocycles. The zero-order valence-corrected chi connectivity index (χ0v) is 21.9. The summed E-state index contributed by atoms with van der Waals surface area (Å²) in [7, 11) is 0. The lowest BCUT2D eigenvalue weighted by atomic mass is 9.84. The summed E-state index contributed by atoms with van der Waals surface area (Å²) < 4.78 is 1.66. The van der Waals surface area contributed by atoms with Crippen LogP contribution in [-0.2, 0) is 4.79 Å². The predicted molar refractivity (Wildman–Crippen MR) is 146 cm³/mol. The van der Waals surface area contributed by atoms with Crippen molar-refractivity contribution in [3.8, 4) is 16.1 Å². The molecular weight excluding hydrogens is 495 g/mol. The molecule has 0 radical (unpaired) electrons. The SMILES string of the molecule is C[C@@H](NC(=O)CSc1nc2scc(-c3cccs3)c2c(=O)n1-c1ccccc1)[C@H]1C[C@H]2CC[C@H]1C2. The number of fused-ring (bicyclic) bond motifs is 3. The fourth-order valence-electron chi connectivity index (χ4n) is 5.93. The first-order chi connectivity index (χ1) is 17.1. The molecule has 3 aromatic heterocycles. The third kappa shape index (κ3) is 4.36. The first-order valence-electron chi connectivity index (χ1n) is 12.1. The number of hydrogen-bond donors (Lipinski definition) is 1. The van der Waals surface area contributed by atoms with Gasteiger partial charge in [-0.1, -0.05) is 42.4 Å². The van der Waals surface area contributed by atoms with Crippen molar-refractivity contribution in [2.24, 2.45) is 17.8 Å². The first-order valence-corrected chi connectivity index (χ1v) is 14.9. The fraction of sp³-hybridized carbons (Fsp3) is 0.370. The summed E-state index contributed by atoms with van der Waals surface area (Å²) in [6.45, 7) is 2.15. The second-order valence-corrected chi connectivity index (χ2v) is 12.4. The van der Waals surface area contributed by atoms with Gasteiger partial charge in [-0.15, -0.1) is 22.7 Å². The van der Waals surface area contributed by atoms with E-state index in [9.17, 15) is 9.59 Å².